The Kier molecular flexibility index (Phi) is 2.37. The second-order valence-corrected chi connectivity index (χ2v) is 4.87. The van der Waals surface area contributed by atoms with Crippen LogP contribution in [0.25, 0.3) is 10.9 Å². The highest BCUT2D eigenvalue weighted by Crippen LogP contribution is 2.31. The van der Waals surface area contributed by atoms with E-state index in [0.717, 1.165) is 23.9 Å². The molecule has 0 bridgehead atoms. The number of para-hydroxylation sites is 1. The van der Waals surface area contributed by atoms with Crippen LogP contribution in [0.2, 0.25) is 5.02 Å². The van der Waals surface area contributed by atoms with Gasteiger partial charge in [0, 0.05) is 25.2 Å². The lowest BCUT2D eigenvalue weighted by molar-refractivity contribution is -0.129. The molecule has 3 rings (SSSR count). The summed E-state index contributed by atoms with van der Waals surface area (Å²) in [6.45, 7) is 0.813. The van der Waals surface area contributed by atoms with E-state index in [-0.39, 0.29) is 11.9 Å². The average molecular weight is 249 g/mol. The zero-order chi connectivity index (χ0) is 12.0. The van der Waals surface area contributed by atoms with Crippen LogP contribution in [0.15, 0.2) is 30.5 Å². The number of likely N-dealkylation sites (N-methyl/N-ethyl adjacent to an activating group) is 1. The number of aromatic nitrogens is 1. The van der Waals surface area contributed by atoms with Crippen molar-refractivity contribution in [3.63, 3.8) is 0 Å². The molecule has 4 heteroatoms. The highest BCUT2D eigenvalue weighted by molar-refractivity contribution is 6.35. The Morgan fingerprint density at radius 1 is 1.35 bits per heavy atom. The fraction of sp³-hybridized carbons (Fsp3) is 0.308. The number of carbonyl (C=O) groups excluding carboxylic acids is 1. The number of carbonyl (C=O) groups is 1. The molecular formula is C13H13ClN2O. The summed E-state index contributed by atoms with van der Waals surface area (Å²) < 4.78 is 2.00. The van der Waals surface area contributed by atoms with Crippen LogP contribution in [0, 0.1) is 0 Å². The first-order valence-corrected chi connectivity index (χ1v) is 6.06. The Morgan fingerprint density at radius 2 is 2.18 bits per heavy atom. The second-order valence-electron chi connectivity index (χ2n) is 4.46. The van der Waals surface area contributed by atoms with Gasteiger partial charge in [-0.1, -0.05) is 23.7 Å². The summed E-state index contributed by atoms with van der Waals surface area (Å²) in [5, 5.41) is 1.79. The smallest absolute Gasteiger partial charge is 0.245 e. The van der Waals surface area contributed by atoms with Gasteiger partial charge in [-0.05, 0) is 18.6 Å². The first kappa shape index (κ1) is 10.7. The first-order chi connectivity index (χ1) is 8.18. The van der Waals surface area contributed by atoms with Gasteiger partial charge >= 0.3 is 0 Å². The zero-order valence-corrected chi connectivity index (χ0v) is 10.3. The lowest BCUT2D eigenvalue weighted by Gasteiger charge is -2.14. The lowest BCUT2D eigenvalue weighted by atomic mass is 10.2. The highest BCUT2D eigenvalue weighted by atomic mass is 35.5. The fourth-order valence-corrected chi connectivity index (χ4v) is 2.78. The van der Waals surface area contributed by atoms with E-state index in [9.17, 15) is 4.79 Å². The summed E-state index contributed by atoms with van der Waals surface area (Å²) in [6.07, 6.45) is 2.81. The number of hydrogen-bond donors (Lipinski definition) is 0. The van der Waals surface area contributed by atoms with Crippen LogP contribution in [-0.2, 0) is 4.79 Å². The molecule has 1 aromatic carbocycles. The summed E-state index contributed by atoms with van der Waals surface area (Å²) in [5.41, 5.74) is 0.961. The number of hydrogen-bond acceptors (Lipinski definition) is 1. The predicted octanol–water partition coefficient (Wildman–Crippen LogP) is 2.70. The number of amides is 1. The third-order valence-corrected chi connectivity index (χ3v) is 3.73. The standard InChI is InChI=1S/C13H13ClN2O/c1-15-7-6-11(13(15)17)16-8-5-9-3-2-4-10(14)12(9)16/h2-5,8,11H,6-7H2,1H3. The van der Waals surface area contributed by atoms with E-state index >= 15 is 0 Å². The molecule has 2 aromatic rings. The molecular weight excluding hydrogens is 236 g/mol. The van der Waals surface area contributed by atoms with Crippen LogP contribution in [0.3, 0.4) is 0 Å². The van der Waals surface area contributed by atoms with Crippen LogP contribution >= 0.6 is 11.6 Å². The Balaban J connectivity index is 2.15. The molecule has 0 radical (unpaired) electrons. The van der Waals surface area contributed by atoms with Gasteiger partial charge in [-0.3, -0.25) is 4.79 Å². The minimum Gasteiger partial charge on any atom is -0.344 e. The topological polar surface area (TPSA) is 25.2 Å². The molecule has 0 N–H and O–H groups in total. The molecule has 1 unspecified atom stereocenters. The molecule has 88 valence electrons. The van der Waals surface area contributed by atoms with Gasteiger partial charge in [0.15, 0.2) is 0 Å². The lowest BCUT2D eigenvalue weighted by Crippen LogP contribution is -2.24. The molecule has 1 aliphatic heterocycles. The van der Waals surface area contributed by atoms with E-state index in [2.05, 4.69) is 0 Å². The van der Waals surface area contributed by atoms with Gasteiger partial charge in [0.2, 0.25) is 5.91 Å². The van der Waals surface area contributed by atoms with Crippen LogP contribution in [0.5, 0.6) is 0 Å². The summed E-state index contributed by atoms with van der Waals surface area (Å²) in [5.74, 6) is 0.169. The number of nitrogens with zero attached hydrogens (tertiary/aromatic N) is 2. The van der Waals surface area contributed by atoms with E-state index in [0.29, 0.717) is 5.02 Å². The van der Waals surface area contributed by atoms with Crippen molar-refractivity contribution in [1.29, 1.82) is 0 Å². The first-order valence-electron chi connectivity index (χ1n) is 5.68. The average Bonchev–Trinajstić information content (AvgIpc) is 2.86. The van der Waals surface area contributed by atoms with E-state index in [1.54, 1.807) is 4.90 Å². The van der Waals surface area contributed by atoms with Gasteiger partial charge in [-0.15, -0.1) is 0 Å². The quantitative estimate of drug-likeness (QED) is 0.762. The summed E-state index contributed by atoms with van der Waals surface area (Å²) in [4.78, 5) is 13.8. The number of halogens is 1. The van der Waals surface area contributed by atoms with Crippen molar-refractivity contribution in [2.24, 2.45) is 0 Å². The number of likely N-dealkylation sites (tertiary alicyclic amines) is 1. The fourth-order valence-electron chi connectivity index (χ4n) is 2.50. The second kappa shape index (κ2) is 3.77. The van der Waals surface area contributed by atoms with Crippen LogP contribution in [-0.4, -0.2) is 29.0 Å². The molecule has 3 nitrogen and oxygen atoms in total. The van der Waals surface area contributed by atoms with Gasteiger partial charge in [0.05, 0.1) is 10.5 Å². The zero-order valence-electron chi connectivity index (χ0n) is 9.56. The third kappa shape index (κ3) is 1.53. The maximum atomic E-state index is 12.0. The van der Waals surface area contributed by atoms with Crippen molar-refractivity contribution < 1.29 is 4.79 Å². The molecule has 0 spiro atoms. The Morgan fingerprint density at radius 3 is 2.88 bits per heavy atom. The van der Waals surface area contributed by atoms with Gasteiger partial charge in [0.1, 0.15) is 6.04 Å². The monoisotopic (exact) mass is 248 g/mol. The Hall–Kier alpha value is -1.48. The van der Waals surface area contributed by atoms with E-state index in [4.69, 9.17) is 11.6 Å². The van der Waals surface area contributed by atoms with Crippen LogP contribution in [0.1, 0.15) is 12.5 Å². The molecule has 0 aliphatic carbocycles. The molecule has 0 saturated carbocycles. The summed E-state index contributed by atoms with van der Waals surface area (Å²) >= 11 is 6.22. The molecule has 1 aliphatic rings. The number of benzene rings is 1. The van der Waals surface area contributed by atoms with Crippen LogP contribution < -0.4 is 0 Å². The molecule has 2 heterocycles. The van der Waals surface area contributed by atoms with Crippen molar-refractivity contribution in [3.05, 3.63) is 35.5 Å². The van der Waals surface area contributed by atoms with E-state index in [1.807, 2.05) is 42.1 Å². The number of rotatable bonds is 1. The van der Waals surface area contributed by atoms with Crippen LogP contribution in [0.4, 0.5) is 0 Å². The minimum absolute atomic E-state index is 0.0996. The summed E-state index contributed by atoms with van der Waals surface area (Å²) in [6, 6.07) is 7.71. The molecule has 17 heavy (non-hydrogen) atoms. The van der Waals surface area contributed by atoms with Gasteiger partial charge in [-0.25, -0.2) is 0 Å². The van der Waals surface area contributed by atoms with Crippen molar-refractivity contribution in [2.75, 3.05) is 13.6 Å². The largest absolute Gasteiger partial charge is 0.344 e. The SMILES string of the molecule is CN1CCC(n2ccc3cccc(Cl)c32)C1=O. The minimum atomic E-state index is -0.0996. The van der Waals surface area contributed by atoms with Gasteiger partial charge in [-0.2, -0.15) is 0 Å². The summed E-state index contributed by atoms with van der Waals surface area (Å²) in [7, 11) is 1.84. The van der Waals surface area contributed by atoms with Gasteiger partial charge in [0.25, 0.3) is 0 Å². The Bertz CT molecular complexity index is 590. The Labute approximate surface area is 105 Å². The van der Waals surface area contributed by atoms with E-state index < -0.39 is 0 Å². The van der Waals surface area contributed by atoms with E-state index in [1.165, 1.54) is 0 Å². The van der Waals surface area contributed by atoms with Crippen molar-refractivity contribution in [1.82, 2.24) is 9.47 Å². The maximum Gasteiger partial charge on any atom is 0.245 e. The molecule has 1 atom stereocenters. The molecule has 1 fully saturated rings. The number of fused-ring (bicyclic) bond motifs is 1. The van der Waals surface area contributed by atoms with Crippen molar-refractivity contribution >= 4 is 28.4 Å². The molecule has 1 saturated heterocycles. The van der Waals surface area contributed by atoms with Gasteiger partial charge < -0.3 is 9.47 Å². The normalized spacial score (nSPS) is 20.5. The maximum absolute atomic E-state index is 12.0. The van der Waals surface area contributed by atoms with Crippen molar-refractivity contribution in [3.8, 4) is 0 Å². The predicted molar refractivity (Wildman–Crippen MR) is 68.2 cm³/mol. The third-order valence-electron chi connectivity index (χ3n) is 3.43. The molecule has 1 aromatic heterocycles. The molecule has 1 amide bonds. The highest BCUT2D eigenvalue weighted by Gasteiger charge is 2.31. The van der Waals surface area contributed by atoms with Crippen molar-refractivity contribution in [2.45, 2.75) is 12.5 Å².